The molecule has 1 heterocycles. The van der Waals surface area contributed by atoms with Gasteiger partial charge in [0.25, 0.3) is 15.9 Å². The van der Waals surface area contributed by atoms with Crippen LogP contribution in [0.4, 0.5) is 5.69 Å². The van der Waals surface area contributed by atoms with Crippen molar-refractivity contribution in [3.05, 3.63) is 64.4 Å². The molecule has 3 rings (SSSR count). The van der Waals surface area contributed by atoms with E-state index >= 15 is 0 Å². The van der Waals surface area contributed by atoms with E-state index in [1.165, 1.54) is 36.3 Å². The number of rotatable bonds is 8. The summed E-state index contributed by atoms with van der Waals surface area (Å²) in [6, 6.07) is 11.0. The monoisotopic (exact) mass is 457 g/mol. The molecule has 2 aromatic carbocycles. The summed E-state index contributed by atoms with van der Waals surface area (Å²) < 4.78 is 33.0. The van der Waals surface area contributed by atoms with Crippen molar-refractivity contribution >= 4 is 32.5 Å². The van der Waals surface area contributed by atoms with Crippen LogP contribution in [0.1, 0.15) is 31.1 Å². The summed E-state index contributed by atoms with van der Waals surface area (Å²) in [5.41, 5.74) is 0.383. The minimum absolute atomic E-state index is 0.0179. The van der Waals surface area contributed by atoms with E-state index < -0.39 is 21.4 Å². The van der Waals surface area contributed by atoms with Gasteiger partial charge in [-0.25, -0.2) is 8.42 Å². The highest BCUT2D eigenvalue weighted by Gasteiger charge is 2.23. The van der Waals surface area contributed by atoms with E-state index in [9.17, 15) is 18.0 Å². The van der Waals surface area contributed by atoms with Gasteiger partial charge >= 0.3 is 0 Å². The molecule has 8 nitrogen and oxygen atoms in total. The van der Waals surface area contributed by atoms with Crippen LogP contribution in [0.5, 0.6) is 5.75 Å². The third-order valence-electron chi connectivity index (χ3n) is 5.30. The fraction of sp³-hybridized carbons (Fsp3) is 0.304. The fourth-order valence-electron chi connectivity index (χ4n) is 3.41. The van der Waals surface area contributed by atoms with Gasteiger partial charge < -0.3 is 14.6 Å². The van der Waals surface area contributed by atoms with Gasteiger partial charge in [-0.2, -0.15) is 0 Å². The third-order valence-corrected chi connectivity index (χ3v) is 7.08. The summed E-state index contributed by atoms with van der Waals surface area (Å²) in [5, 5.41) is 0.143. The number of anilines is 1. The van der Waals surface area contributed by atoms with E-state index in [2.05, 4.69) is 4.98 Å². The lowest BCUT2D eigenvalue weighted by atomic mass is 10.1. The summed E-state index contributed by atoms with van der Waals surface area (Å²) >= 11 is 0. The molecule has 32 heavy (non-hydrogen) atoms. The maximum atomic E-state index is 13.2. The van der Waals surface area contributed by atoms with Crippen molar-refractivity contribution in [1.29, 1.82) is 0 Å². The van der Waals surface area contributed by atoms with E-state index in [0.717, 1.165) is 4.31 Å². The number of aromatic amines is 1. The number of benzene rings is 2. The minimum Gasteiger partial charge on any atom is -0.494 e. The van der Waals surface area contributed by atoms with Gasteiger partial charge in [0.2, 0.25) is 5.43 Å². The van der Waals surface area contributed by atoms with Crippen LogP contribution < -0.4 is 14.5 Å². The van der Waals surface area contributed by atoms with Gasteiger partial charge in [-0.1, -0.05) is 0 Å². The van der Waals surface area contributed by atoms with Crippen molar-refractivity contribution in [1.82, 2.24) is 9.88 Å². The highest BCUT2D eigenvalue weighted by molar-refractivity contribution is 7.92. The Bertz CT molecular complexity index is 1280. The molecule has 0 radical (unpaired) electrons. The average molecular weight is 458 g/mol. The van der Waals surface area contributed by atoms with Crippen LogP contribution in [-0.4, -0.2) is 51.0 Å². The van der Waals surface area contributed by atoms with E-state index in [-0.39, 0.29) is 15.8 Å². The van der Waals surface area contributed by atoms with Crippen LogP contribution in [0.3, 0.4) is 0 Å². The predicted octanol–water partition coefficient (Wildman–Crippen LogP) is 3.23. The number of pyridine rings is 1. The topological polar surface area (TPSA) is 99.8 Å². The Kier molecular flexibility index (Phi) is 6.88. The Morgan fingerprint density at radius 1 is 1.03 bits per heavy atom. The Labute approximate surface area is 187 Å². The third kappa shape index (κ3) is 4.34. The van der Waals surface area contributed by atoms with Crippen LogP contribution in [-0.2, 0) is 10.0 Å². The van der Waals surface area contributed by atoms with Gasteiger partial charge in [0.05, 0.1) is 17.2 Å². The van der Waals surface area contributed by atoms with Gasteiger partial charge in [-0.15, -0.1) is 0 Å². The number of carbonyl (C=O) groups excluding carboxylic acids is 1. The van der Waals surface area contributed by atoms with Crippen LogP contribution in [0, 0.1) is 0 Å². The maximum Gasteiger partial charge on any atom is 0.264 e. The fourth-order valence-corrected chi connectivity index (χ4v) is 4.64. The van der Waals surface area contributed by atoms with E-state index in [1.807, 2.05) is 20.8 Å². The molecule has 0 aliphatic heterocycles. The van der Waals surface area contributed by atoms with E-state index in [0.29, 0.717) is 36.6 Å². The molecule has 0 bridgehead atoms. The van der Waals surface area contributed by atoms with Crippen molar-refractivity contribution in [3.63, 3.8) is 0 Å². The van der Waals surface area contributed by atoms with Crippen LogP contribution in [0.2, 0.25) is 0 Å². The quantitative estimate of drug-likeness (QED) is 0.560. The summed E-state index contributed by atoms with van der Waals surface area (Å²) in [5.74, 6) is 0.252. The summed E-state index contributed by atoms with van der Waals surface area (Å²) in [6.45, 7) is 6.98. The molecular formula is C23H27N3O5S. The number of ether oxygens (including phenoxy) is 1. The zero-order valence-electron chi connectivity index (χ0n) is 18.6. The predicted molar refractivity (Wildman–Crippen MR) is 125 cm³/mol. The van der Waals surface area contributed by atoms with Crippen molar-refractivity contribution in [2.45, 2.75) is 25.7 Å². The molecule has 1 N–H and O–H groups in total. The lowest BCUT2D eigenvalue weighted by molar-refractivity contribution is 0.0771. The summed E-state index contributed by atoms with van der Waals surface area (Å²) in [6.07, 6.45) is 1.38. The first-order valence-corrected chi connectivity index (χ1v) is 11.8. The molecule has 9 heteroatoms. The first-order valence-electron chi connectivity index (χ1n) is 10.4. The molecule has 0 fully saturated rings. The lowest BCUT2D eigenvalue weighted by Crippen LogP contribution is -2.34. The minimum atomic E-state index is -3.94. The first kappa shape index (κ1) is 23.3. The number of hydrogen-bond donors (Lipinski definition) is 1. The number of hydrogen-bond acceptors (Lipinski definition) is 5. The zero-order valence-corrected chi connectivity index (χ0v) is 19.4. The molecule has 0 atom stereocenters. The zero-order chi connectivity index (χ0) is 23.5. The molecule has 170 valence electrons. The average Bonchev–Trinajstić information content (AvgIpc) is 2.80. The standard InChI is InChI=1S/C23H27N3O5S/c1-5-26(6-2)23(28)20-15-24-21-13-12-18(14-19(21)22(20)27)32(29,30)25(4)16-8-10-17(11-9-16)31-7-3/h8-15H,5-7H2,1-4H3,(H,24,27). The first-order chi connectivity index (χ1) is 15.2. The Balaban J connectivity index is 2.03. The molecule has 0 saturated heterocycles. The van der Waals surface area contributed by atoms with Crippen molar-refractivity contribution in [3.8, 4) is 5.75 Å². The Morgan fingerprint density at radius 2 is 1.69 bits per heavy atom. The molecule has 0 spiro atoms. The van der Waals surface area contributed by atoms with Crippen molar-refractivity contribution < 1.29 is 17.9 Å². The second-order valence-electron chi connectivity index (χ2n) is 7.12. The molecule has 0 saturated carbocycles. The summed E-state index contributed by atoms with van der Waals surface area (Å²) in [4.78, 5) is 30.2. The normalized spacial score (nSPS) is 11.4. The molecule has 0 aliphatic carbocycles. The number of fused-ring (bicyclic) bond motifs is 1. The van der Waals surface area contributed by atoms with Crippen LogP contribution in [0.15, 0.2) is 58.4 Å². The van der Waals surface area contributed by atoms with Gasteiger partial charge in [0, 0.05) is 37.2 Å². The number of aromatic nitrogens is 1. The number of nitrogens with zero attached hydrogens (tertiary/aromatic N) is 2. The van der Waals surface area contributed by atoms with Crippen LogP contribution >= 0.6 is 0 Å². The number of sulfonamides is 1. The Hall–Kier alpha value is -3.33. The SMILES string of the molecule is CCOc1ccc(N(C)S(=O)(=O)c2ccc3[nH]cc(C(=O)N(CC)CC)c(=O)c3c2)cc1. The maximum absolute atomic E-state index is 13.2. The molecule has 1 amide bonds. The number of amides is 1. The summed E-state index contributed by atoms with van der Waals surface area (Å²) in [7, 11) is -2.50. The van der Waals surface area contributed by atoms with E-state index in [4.69, 9.17) is 4.74 Å². The van der Waals surface area contributed by atoms with Crippen molar-refractivity contribution in [2.24, 2.45) is 0 Å². The van der Waals surface area contributed by atoms with Crippen LogP contribution in [0.25, 0.3) is 10.9 Å². The number of H-pyrrole nitrogens is 1. The van der Waals surface area contributed by atoms with Gasteiger partial charge in [0.1, 0.15) is 11.3 Å². The van der Waals surface area contributed by atoms with E-state index in [1.54, 1.807) is 24.3 Å². The molecule has 0 unspecified atom stereocenters. The number of carbonyl (C=O) groups is 1. The number of nitrogens with one attached hydrogen (secondary N) is 1. The molecule has 1 aromatic heterocycles. The lowest BCUT2D eigenvalue weighted by Gasteiger charge is -2.20. The second-order valence-corrected chi connectivity index (χ2v) is 9.09. The Morgan fingerprint density at radius 3 is 2.28 bits per heavy atom. The van der Waals surface area contributed by atoms with Gasteiger partial charge in [-0.3, -0.25) is 13.9 Å². The second kappa shape index (κ2) is 9.44. The largest absolute Gasteiger partial charge is 0.494 e. The van der Waals surface area contributed by atoms with Gasteiger partial charge in [0.15, 0.2) is 0 Å². The highest BCUT2D eigenvalue weighted by Crippen LogP contribution is 2.25. The van der Waals surface area contributed by atoms with Gasteiger partial charge in [-0.05, 0) is 63.2 Å². The van der Waals surface area contributed by atoms with Crippen molar-refractivity contribution in [2.75, 3.05) is 31.0 Å². The molecule has 0 aliphatic rings. The molecular weight excluding hydrogens is 430 g/mol. The smallest absolute Gasteiger partial charge is 0.264 e. The molecule has 3 aromatic rings. The highest BCUT2D eigenvalue weighted by atomic mass is 32.2.